The Balaban J connectivity index is 2.76. The van der Waals surface area contributed by atoms with Crippen LogP contribution in [0.1, 0.15) is 0 Å². The van der Waals surface area contributed by atoms with Gasteiger partial charge in [-0.3, -0.25) is 9.59 Å². The zero-order valence-corrected chi connectivity index (χ0v) is 15.7. The smallest absolute Gasteiger partial charge is 0.373 e. The number of rotatable bonds is 8. The molecular formula is C18H20N2O8. The molecule has 2 amide bonds. The summed E-state index contributed by atoms with van der Waals surface area (Å²) in [5, 5.41) is 5.04. The number of carbonyl (C=O) groups excluding carboxylic acids is 4. The van der Waals surface area contributed by atoms with Crippen LogP contribution < -0.4 is 10.6 Å². The van der Waals surface area contributed by atoms with Crippen molar-refractivity contribution < 1.29 is 38.1 Å². The molecule has 0 spiro atoms. The van der Waals surface area contributed by atoms with Gasteiger partial charge in [-0.05, 0) is 24.3 Å². The van der Waals surface area contributed by atoms with Crippen molar-refractivity contribution in [2.45, 2.75) is 0 Å². The van der Waals surface area contributed by atoms with Crippen LogP contribution in [0.25, 0.3) is 0 Å². The molecule has 10 heteroatoms. The van der Waals surface area contributed by atoms with Crippen molar-refractivity contribution in [3.8, 4) is 0 Å². The van der Waals surface area contributed by atoms with Crippen molar-refractivity contribution in [3.05, 3.63) is 47.9 Å². The van der Waals surface area contributed by atoms with Crippen LogP contribution in [-0.4, -0.2) is 52.2 Å². The molecule has 1 rings (SSSR count). The molecule has 0 bridgehead atoms. The van der Waals surface area contributed by atoms with E-state index in [0.29, 0.717) is 11.4 Å². The van der Waals surface area contributed by atoms with Crippen molar-refractivity contribution in [1.29, 1.82) is 0 Å². The highest BCUT2D eigenvalue weighted by Crippen LogP contribution is 2.14. The van der Waals surface area contributed by atoms with Crippen LogP contribution in [0.4, 0.5) is 11.4 Å². The van der Waals surface area contributed by atoms with Gasteiger partial charge in [-0.15, -0.1) is 0 Å². The Morgan fingerprint density at radius 3 is 1.21 bits per heavy atom. The SMILES string of the molecule is COC(=O)/C(=C/C(=O)Nc1ccc(NC(=O)/C=C(/OC)C(=O)OC)cc1)OC. The molecule has 28 heavy (non-hydrogen) atoms. The molecule has 0 aliphatic heterocycles. The average Bonchev–Trinajstić information content (AvgIpc) is 2.70. The summed E-state index contributed by atoms with van der Waals surface area (Å²) in [7, 11) is 4.79. The number of anilines is 2. The molecule has 0 aliphatic rings. The van der Waals surface area contributed by atoms with Gasteiger partial charge in [0.2, 0.25) is 11.5 Å². The van der Waals surface area contributed by atoms with Crippen LogP contribution in [0, 0.1) is 0 Å². The number of nitrogens with one attached hydrogen (secondary N) is 2. The Kier molecular flexibility index (Phi) is 8.74. The Hall–Kier alpha value is -3.82. The van der Waals surface area contributed by atoms with Gasteiger partial charge in [-0.25, -0.2) is 9.59 Å². The van der Waals surface area contributed by atoms with E-state index in [2.05, 4.69) is 20.1 Å². The van der Waals surface area contributed by atoms with E-state index in [4.69, 9.17) is 9.47 Å². The first kappa shape index (κ1) is 22.2. The van der Waals surface area contributed by atoms with E-state index in [0.717, 1.165) is 26.4 Å². The third-order valence-electron chi connectivity index (χ3n) is 3.16. The molecule has 0 saturated heterocycles. The second-order valence-electron chi connectivity index (χ2n) is 4.96. The molecule has 0 heterocycles. The lowest BCUT2D eigenvalue weighted by molar-refractivity contribution is -0.140. The van der Waals surface area contributed by atoms with Crippen LogP contribution >= 0.6 is 0 Å². The van der Waals surface area contributed by atoms with Crippen molar-refractivity contribution in [2.24, 2.45) is 0 Å². The summed E-state index contributed by atoms with van der Waals surface area (Å²) < 4.78 is 18.5. The van der Waals surface area contributed by atoms with E-state index in [9.17, 15) is 19.2 Å². The van der Waals surface area contributed by atoms with Crippen LogP contribution in [-0.2, 0) is 38.1 Å². The van der Waals surface area contributed by atoms with E-state index in [1.165, 1.54) is 38.5 Å². The van der Waals surface area contributed by atoms with Crippen LogP contribution in [0.15, 0.2) is 47.9 Å². The number of ether oxygens (including phenoxy) is 4. The highest BCUT2D eigenvalue weighted by molar-refractivity contribution is 6.05. The maximum Gasteiger partial charge on any atom is 0.373 e. The molecule has 0 unspecified atom stereocenters. The van der Waals surface area contributed by atoms with Gasteiger partial charge in [0.1, 0.15) is 0 Å². The molecule has 1 aromatic carbocycles. The lowest BCUT2D eigenvalue weighted by Gasteiger charge is -2.07. The highest BCUT2D eigenvalue weighted by Gasteiger charge is 2.13. The van der Waals surface area contributed by atoms with E-state index < -0.39 is 23.8 Å². The zero-order chi connectivity index (χ0) is 21.1. The first-order chi connectivity index (χ1) is 13.3. The van der Waals surface area contributed by atoms with Gasteiger partial charge in [0.15, 0.2) is 0 Å². The fourth-order valence-electron chi connectivity index (χ4n) is 1.84. The number of amides is 2. The summed E-state index contributed by atoms with van der Waals surface area (Å²) in [5.74, 6) is -3.29. The van der Waals surface area contributed by atoms with Gasteiger partial charge >= 0.3 is 11.9 Å². The molecule has 0 radical (unpaired) electrons. The second kappa shape index (κ2) is 11.0. The van der Waals surface area contributed by atoms with Crippen molar-refractivity contribution in [2.75, 3.05) is 39.1 Å². The quantitative estimate of drug-likeness (QED) is 0.380. The van der Waals surface area contributed by atoms with Gasteiger partial charge in [-0.2, -0.15) is 0 Å². The van der Waals surface area contributed by atoms with Gasteiger partial charge < -0.3 is 29.6 Å². The third kappa shape index (κ3) is 6.83. The lowest BCUT2D eigenvalue weighted by Crippen LogP contribution is -2.15. The maximum absolute atomic E-state index is 11.9. The molecule has 0 saturated carbocycles. The number of methoxy groups -OCH3 is 4. The average molecular weight is 392 g/mol. The predicted octanol–water partition coefficient (Wildman–Crippen LogP) is 0.970. The van der Waals surface area contributed by atoms with Gasteiger partial charge in [0, 0.05) is 11.4 Å². The second-order valence-corrected chi connectivity index (χ2v) is 4.96. The largest absolute Gasteiger partial charge is 0.490 e. The van der Waals surface area contributed by atoms with Gasteiger partial charge in [0.05, 0.1) is 40.6 Å². The van der Waals surface area contributed by atoms with E-state index >= 15 is 0 Å². The molecule has 0 aromatic heterocycles. The van der Waals surface area contributed by atoms with E-state index in [1.54, 1.807) is 0 Å². The zero-order valence-electron chi connectivity index (χ0n) is 15.7. The third-order valence-corrected chi connectivity index (χ3v) is 3.16. The van der Waals surface area contributed by atoms with E-state index in [1.807, 2.05) is 0 Å². The Morgan fingerprint density at radius 1 is 0.643 bits per heavy atom. The molecule has 150 valence electrons. The Labute approximate surface area is 161 Å². The monoisotopic (exact) mass is 392 g/mol. The van der Waals surface area contributed by atoms with Crippen LogP contribution in [0.3, 0.4) is 0 Å². The van der Waals surface area contributed by atoms with E-state index in [-0.39, 0.29) is 11.5 Å². The minimum atomic E-state index is -0.786. The summed E-state index contributed by atoms with van der Waals surface area (Å²) in [6.45, 7) is 0. The summed E-state index contributed by atoms with van der Waals surface area (Å²) in [6, 6.07) is 6.08. The van der Waals surface area contributed by atoms with Gasteiger partial charge in [0.25, 0.3) is 11.8 Å². The number of carbonyl (C=O) groups is 4. The first-order valence-corrected chi connectivity index (χ1v) is 7.74. The Bertz CT molecular complexity index is 729. The molecule has 0 fully saturated rings. The topological polar surface area (TPSA) is 129 Å². The number of esters is 2. The highest BCUT2D eigenvalue weighted by atomic mass is 16.6. The number of hydrogen-bond acceptors (Lipinski definition) is 8. The minimum absolute atomic E-state index is 0.254. The van der Waals surface area contributed by atoms with Crippen LogP contribution in [0.5, 0.6) is 0 Å². The lowest BCUT2D eigenvalue weighted by atomic mass is 10.2. The molecule has 1 aromatic rings. The summed E-state index contributed by atoms with van der Waals surface area (Å²) in [5.41, 5.74) is 0.810. The molecule has 0 atom stereocenters. The Morgan fingerprint density at radius 2 is 0.964 bits per heavy atom. The fourth-order valence-corrected chi connectivity index (χ4v) is 1.84. The number of benzene rings is 1. The van der Waals surface area contributed by atoms with Crippen LogP contribution in [0.2, 0.25) is 0 Å². The summed E-state index contributed by atoms with van der Waals surface area (Å²) in [6.07, 6.45) is 1.90. The summed E-state index contributed by atoms with van der Waals surface area (Å²) >= 11 is 0. The normalized spacial score (nSPS) is 11.1. The standard InChI is InChI=1S/C18H20N2O8/c1-25-13(17(23)27-3)9-15(21)19-11-5-7-12(8-6-11)20-16(22)10-14(26-2)18(24)28-4/h5-10H,1-4H3,(H,19,21)(H,20,22)/b13-9-,14-10+. The van der Waals surface area contributed by atoms with Crippen molar-refractivity contribution >= 4 is 35.1 Å². The fraction of sp³-hybridized carbons (Fsp3) is 0.222. The molecule has 0 aliphatic carbocycles. The van der Waals surface area contributed by atoms with Crippen molar-refractivity contribution in [3.63, 3.8) is 0 Å². The predicted molar refractivity (Wildman–Crippen MR) is 97.9 cm³/mol. The van der Waals surface area contributed by atoms with Crippen molar-refractivity contribution in [1.82, 2.24) is 0 Å². The molecule has 2 N–H and O–H groups in total. The maximum atomic E-state index is 11.9. The number of hydrogen-bond donors (Lipinski definition) is 2. The van der Waals surface area contributed by atoms with Gasteiger partial charge in [-0.1, -0.05) is 0 Å². The summed E-state index contributed by atoms with van der Waals surface area (Å²) in [4.78, 5) is 46.5. The molecule has 10 nitrogen and oxygen atoms in total. The minimum Gasteiger partial charge on any atom is -0.490 e. The molecular weight excluding hydrogens is 372 g/mol. The first-order valence-electron chi connectivity index (χ1n) is 7.74.